The van der Waals surface area contributed by atoms with Gasteiger partial charge in [-0.1, -0.05) is 17.7 Å². The van der Waals surface area contributed by atoms with Crippen LogP contribution in [0, 0.1) is 13.8 Å². The van der Waals surface area contributed by atoms with Gasteiger partial charge in [0.15, 0.2) is 5.11 Å². The number of rotatable bonds is 2. The highest BCUT2D eigenvalue weighted by Gasteiger charge is 2.37. The number of aryl methyl sites for hydroxylation is 2. The number of anilines is 1. The van der Waals surface area contributed by atoms with Crippen molar-refractivity contribution >= 4 is 23.0 Å². The van der Waals surface area contributed by atoms with Crippen molar-refractivity contribution in [1.82, 2.24) is 10.6 Å². The molecule has 1 fully saturated rings. The first-order valence-corrected chi connectivity index (χ1v) is 8.41. The molecule has 0 bridgehead atoms. The monoisotopic (exact) mass is 319 g/mol. The van der Waals surface area contributed by atoms with E-state index < -0.39 is 0 Å². The summed E-state index contributed by atoms with van der Waals surface area (Å²) in [5.41, 5.74) is 3.80. The molecular formula is C18H29N3S. The molecule has 0 amide bonds. The van der Waals surface area contributed by atoms with Gasteiger partial charge in [0, 0.05) is 22.8 Å². The minimum absolute atomic E-state index is 0.120. The Morgan fingerprint density at radius 2 is 1.73 bits per heavy atom. The molecule has 0 radical (unpaired) electrons. The molecule has 0 aromatic heterocycles. The third-order valence-corrected chi connectivity index (χ3v) is 4.38. The SMILES string of the molecule is Cc1ccc(NC(=S)NC2CC(C)(C)NC(C)(C)C2)c(C)c1. The zero-order chi connectivity index (χ0) is 16.5. The molecule has 1 aromatic carbocycles. The third-order valence-electron chi connectivity index (χ3n) is 4.16. The zero-order valence-electron chi connectivity index (χ0n) is 14.6. The summed E-state index contributed by atoms with van der Waals surface area (Å²) in [6.07, 6.45) is 2.12. The highest BCUT2D eigenvalue weighted by atomic mass is 32.1. The lowest BCUT2D eigenvalue weighted by Gasteiger charge is -2.46. The summed E-state index contributed by atoms with van der Waals surface area (Å²) < 4.78 is 0. The van der Waals surface area contributed by atoms with Crippen LogP contribution in [0.1, 0.15) is 51.7 Å². The standard InChI is InChI=1S/C18H29N3S/c1-12-7-8-15(13(2)9-12)20-16(22)19-14-10-17(3,4)21-18(5,6)11-14/h7-9,14,21H,10-11H2,1-6H3,(H2,19,20,22). The largest absolute Gasteiger partial charge is 0.360 e. The van der Waals surface area contributed by atoms with Gasteiger partial charge in [-0.25, -0.2) is 0 Å². The fourth-order valence-electron chi connectivity index (χ4n) is 3.72. The molecule has 1 aliphatic heterocycles. The van der Waals surface area contributed by atoms with E-state index in [1.54, 1.807) is 0 Å². The second-order valence-corrected chi connectivity index (χ2v) is 8.32. The number of piperidine rings is 1. The van der Waals surface area contributed by atoms with Crippen LogP contribution in [0.4, 0.5) is 5.69 Å². The Balaban J connectivity index is 1.99. The molecule has 4 heteroatoms. The Labute approximate surface area is 140 Å². The van der Waals surface area contributed by atoms with E-state index in [9.17, 15) is 0 Å². The number of hydrogen-bond acceptors (Lipinski definition) is 2. The van der Waals surface area contributed by atoms with Gasteiger partial charge >= 0.3 is 0 Å². The van der Waals surface area contributed by atoms with E-state index >= 15 is 0 Å². The fraction of sp³-hybridized carbons (Fsp3) is 0.611. The van der Waals surface area contributed by atoms with Gasteiger partial charge in [-0.2, -0.15) is 0 Å². The third kappa shape index (κ3) is 4.68. The average Bonchev–Trinajstić information content (AvgIpc) is 2.28. The van der Waals surface area contributed by atoms with E-state index in [0.29, 0.717) is 11.2 Å². The molecule has 0 spiro atoms. The summed E-state index contributed by atoms with van der Waals surface area (Å²) >= 11 is 5.52. The maximum Gasteiger partial charge on any atom is 0.171 e. The van der Waals surface area contributed by atoms with Crippen LogP contribution in [0.3, 0.4) is 0 Å². The number of hydrogen-bond donors (Lipinski definition) is 3. The van der Waals surface area contributed by atoms with E-state index in [1.807, 2.05) is 0 Å². The van der Waals surface area contributed by atoms with E-state index in [-0.39, 0.29) is 11.1 Å². The van der Waals surface area contributed by atoms with Crippen LogP contribution in [-0.2, 0) is 0 Å². The first-order chi connectivity index (χ1) is 10.1. The molecule has 0 unspecified atom stereocenters. The molecule has 0 atom stereocenters. The summed E-state index contributed by atoms with van der Waals surface area (Å²) in [5.74, 6) is 0. The van der Waals surface area contributed by atoms with Crippen molar-refractivity contribution in [2.45, 2.75) is 71.5 Å². The topological polar surface area (TPSA) is 36.1 Å². The summed E-state index contributed by atoms with van der Waals surface area (Å²) in [6.45, 7) is 13.2. The average molecular weight is 320 g/mol. The van der Waals surface area contributed by atoms with Crippen LogP contribution in [-0.4, -0.2) is 22.2 Å². The van der Waals surface area contributed by atoms with Gasteiger partial charge in [0.05, 0.1) is 0 Å². The van der Waals surface area contributed by atoms with Crippen molar-refractivity contribution in [2.75, 3.05) is 5.32 Å². The first-order valence-electron chi connectivity index (χ1n) is 8.00. The van der Waals surface area contributed by atoms with Gasteiger partial charge in [-0.3, -0.25) is 0 Å². The smallest absolute Gasteiger partial charge is 0.171 e. The van der Waals surface area contributed by atoms with Crippen molar-refractivity contribution < 1.29 is 0 Å². The Kier molecular flexibility index (Phi) is 4.83. The minimum atomic E-state index is 0.120. The Bertz CT molecular complexity index is 547. The second kappa shape index (κ2) is 6.17. The highest BCUT2D eigenvalue weighted by Crippen LogP contribution is 2.28. The summed E-state index contributed by atoms with van der Waals surface area (Å²) in [5, 5.41) is 11.3. The Morgan fingerprint density at radius 3 is 2.27 bits per heavy atom. The normalized spacial score (nSPS) is 20.5. The Hall–Kier alpha value is -1.13. The van der Waals surface area contributed by atoms with Crippen LogP contribution >= 0.6 is 12.2 Å². The van der Waals surface area contributed by atoms with Gasteiger partial charge in [0.1, 0.15) is 0 Å². The van der Waals surface area contributed by atoms with Gasteiger partial charge < -0.3 is 16.0 Å². The molecule has 1 aromatic rings. The van der Waals surface area contributed by atoms with E-state index in [1.165, 1.54) is 11.1 Å². The zero-order valence-corrected chi connectivity index (χ0v) is 15.4. The maximum absolute atomic E-state index is 5.52. The molecule has 3 N–H and O–H groups in total. The second-order valence-electron chi connectivity index (χ2n) is 7.91. The fourth-order valence-corrected chi connectivity index (χ4v) is 4.00. The Morgan fingerprint density at radius 1 is 1.14 bits per heavy atom. The van der Waals surface area contributed by atoms with E-state index in [4.69, 9.17) is 12.2 Å². The molecule has 0 aliphatic carbocycles. The van der Waals surface area contributed by atoms with Crippen molar-refractivity contribution in [1.29, 1.82) is 0 Å². The lowest BCUT2D eigenvalue weighted by atomic mass is 9.80. The van der Waals surface area contributed by atoms with Crippen LogP contribution in [0.15, 0.2) is 18.2 Å². The van der Waals surface area contributed by atoms with Crippen LogP contribution in [0.5, 0.6) is 0 Å². The quantitative estimate of drug-likeness (QED) is 0.723. The molecule has 22 heavy (non-hydrogen) atoms. The number of thiocarbonyl (C=S) groups is 1. The van der Waals surface area contributed by atoms with E-state index in [0.717, 1.165) is 18.5 Å². The van der Waals surface area contributed by atoms with Crippen LogP contribution in [0.25, 0.3) is 0 Å². The summed E-state index contributed by atoms with van der Waals surface area (Å²) in [6, 6.07) is 6.75. The van der Waals surface area contributed by atoms with Crippen molar-refractivity contribution in [3.63, 3.8) is 0 Å². The van der Waals surface area contributed by atoms with Crippen molar-refractivity contribution in [2.24, 2.45) is 0 Å². The molecule has 3 nitrogen and oxygen atoms in total. The molecule has 2 rings (SSSR count). The predicted octanol–water partition coefficient (Wildman–Crippen LogP) is 3.90. The van der Waals surface area contributed by atoms with Crippen molar-refractivity contribution in [3.8, 4) is 0 Å². The van der Waals surface area contributed by atoms with Gasteiger partial charge in [0.2, 0.25) is 0 Å². The molecule has 1 aliphatic rings. The highest BCUT2D eigenvalue weighted by molar-refractivity contribution is 7.80. The molecule has 1 saturated heterocycles. The molecule has 122 valence electrons. The van der Waals surface area contributed by atoms with Crippen LogP contribution in [0.2, 0.25) is 0 Å². The lowest BCUT2D eigenvalue weighted by Crippen LogP contribution is -2.62. The van der Waals surface area contributed by atoms with Crippen molar-refractivity contribution in [3.05, 3.63) is 29.3 Å². The maximum atomic E-state index is 5.52. The number of nitrogens with one attached hydrogen (secondary N) is 3. The number of benzene rings is 1. The lowest BCUT2D eigenvalue weighted by molar-refractivity contribution is 0.156. The molecule has 1 heterocycles. The molecular weight excluding hydrogens is 290 g/mol. The van der Waals surface area contributed by atoms with Gasteiger partial charge in [-0.15, -0.1) is 0 Å². The minimum Gasteiger partial charge on any atom is -0.360 e. The van der Waals surface area contributed by atoms with Gasteiger partial charge in [-0.05, 0) is 78.2 Å². The summed E-state index contributed by atoms with van der Waals surface area (Å²) in [4.78, 5) is 0. The summed E-state index contributed by atoms with van der Waals surface area (Å²) in [7, 11) is 0. The predicted molar refractivity (Wildman–Crippen MR) is 99.6 cm³/mol. The first kappa shape index (κ1) is 17.2. The van der Waals surface area contributed by atoms with Crippen LogP contribution < -0.4 is 16.0 Å². The van der Waals surface area contributed by atoms with Gasteiger partial charge in [0.25, 0.3) is 0 Å². The molecule has 0 saturated carbocycles. The van der Waals surface area contributed by atoms with E-state index in [2.05, 4.69) is 75.7 Å².